The first kappa shape index (κ1) is 23.8. The maximum absolute atomic E-state index is 12.6. The zero-order valence-electron chi connectivity index (χ0n) is 18.4. The second-order valence-electron chi connectivity index (χ2n) is 9.02. The fourth-order valence-corrected chi connectivity index (χ4v) is 3.75. The lowest BCUT2D eigenvalue weighted by atomic mass is 9.84. The van der Waals surface area contributed by atoms with Crippen molar-refractivity contribution in [3.05, 3.63) is 30.1 Å². The maximum Gasteiger partial charge on any atom is 0.338 e. The Kier molecular flexibility index (Phi) is 9.27. The Morgan fingerprint density at radius 1 is 1.23 bits per heavy atom. The third-order valence-corrected chi connectivity index (χ3v) is 5.22. The summed E-state index contributed by atoms with van der Waals surface area (Å²) >= 11 is 0. The van der Waals surface area contributed by atoms with Crippen LogP contribution in [0.5, 0.6) is 0 Å². The standard InChI is InChI=1S/C23H35N3O4/c1-23(2,3)29-20(27)16-18(13-9-12-17-10-5-4-6-11-17)22(28)30-26-21(24)19-14-7-8-15-25-19/h7-8,14-15,17-18H,4-6,9-13,16H2,1-3H3,(H2,24,26)/t18-/m0/s1. The van der Waals surface area contributed by atoms with Gasteiger partial charge in [0.15, 0.2) is 5.84 Å². The lowest BCUT2D eigenvalue weighted by molar-refractivity contribution is -0.161. The zero-order valence-corrected chi connectivity index (χ0v) is 18.4. The van der Waals surface area contributed by atoms with Crippen molar-refractivity contribution in [2.45, 2.75) is 84.2 Å². The molecular weight excluding hydrogens is 382 g/mol. The Hall–Kier alpha value is -2.44. The molecule has 2 N–H and O–H groups in total. The van der Waals surface area contributed by atoms with Gasteiger partial charge in [0, 0.05) is 6.20 Å². The van der Waals surface area contributed by atoms with E-state index in [9.17, 15) is 9.59 Å². The van der Waals surface area contributed by atoms with Crippen molar-refractivity contribution in [3.63, 3.8) is 0 Å². The number of oxime groups is 1. The van der Waals surface area contributed by atoms with Crippen LogP contribution >= 0.6 is 0 Å². The molecule has 1 heterocycles. The van der Waals surface area contributed by atoms with Crippen LogP contribution in [0, 0.1) is 11.8 Å². The van der Waals surface area contributed by atoms with Gasteiger partial charge in [0.05, 0.1) is 12.3 Å². The number of nitrogens with zero attached hydrogens (tertiary/aromatic N) is 2. The molecule has 1 fully saturated rings. The minimum atomic E-state index is -0.608. The fraction of sp³-hybridized carbons (Fsp3) is 0.652. The highest BCUT2D eigenvalue weighted by Gasteiger charge is 2.27. The van der Waals surface area contributed by atoms with Crippen LogP contribution in [0.25, 0.3) is 0 Å². The van der Waals surface area contributed by atoms with E-state index >= 15 is 0 Å². The predicted octanol–water partition coefficient (Wildman–Crippen LogP) is 4.34. The number of ether oxygens (including phenoxy) is 1. The first-order valence-electron chi connectivity index (χ1n) is 10.9. The van der Waals surface area contributed by atoms with Crippen LogP contribution in [0.4, 0.5) is 0 Å². The molecule has 166 valence electrons. The summed E-state index contributed by atoms with van der Waals surface area (Å²) in [5, 5.41) is 3.73. The normalized spacial score (nSPS) is 16.7. The van der Waals surface area contributed by atoms with Gasteiger partial charge in [-0.3, -0.25) is 9.78 Å². The predicted molar refractivity (Wildman–Crippen MR) is 115 cm³/mol. The lowest BCUT2D eigenvalue weighted by Gasteiger charge is -2.23. The molecule has 1 aliphatic carbocycles. The molecule has 0 saturated heterocycles. The number of hydrogen-bond acceptors (Lipinski definition) is 6. The number of nitrogens with two attached hydrogens (primary N) is 1. The van der Waals surface area contributed by atoms with E-state index in [1.165, 1.54) is 32.1 Å². The number of pyridine rings is 1. The number of aromatic nitrogens is 1. The SMILES string of the molecule is CC(C)(C)OC(=O)C[C@H](CCCC1CCCCC1)C(=O)O/N=C(\N)c1ccccn1. The molecule has 1 aliphatic rings. The van der Waals surface area contributed by atoms with Crippen LogP contribution in [0.2, 0.25) is 0 Å². The molecule has 0 spiro atoms. The van der Waals surface area contributed by atoms with Gasteiger partial charge in [-0.05, 0) is 45.2 Å². The van der Waals surface area contributed by atoms with Gasteiger partial charge in [-0.15, -0.1) is 0 Å². The Morgan fingerprint density at radius 2 is 1.97 bits per heavy atom. The summed E-state index contributed by atoms with van der Waals surface area (Å²) in [6, 6.07) is 5.20. The molecule has 0 amide bonds. The number of carbonyl (C=O) groups is 2. The smallest absolute Gasteiger partial charge is 0.338 e. The quantitative estimate of drug-likeness (QED) is 0.211. The molecule has 0 radical (unpaired) electrons. The van der Waals surface area contributed by atoms with Gasteiger partial charge in [0.25, 0.3) is 0 Å². The molecule has 0 aliphatic heterocycles. The van der Waals surface area contributed by atoms with Crippen LogP contribution < -0.4 is 5.73 Å². The van der Waals surface area contributed by atoms with Crippen molar-refractivity contribution in [1.82, 2.24) is 4.98 Å². The van der Waals surface area contributed by atoms with Crippen molar-refractivity contribution in [1.29, 1.82) is 0 Å². The summed E-state index contributed by atoms with van der Waals surface area (Å²) in [6.07, 6.45) is 10.5. The third kappa shape index (κ3) is 8.93. The molecule has 1 aromatic heterocycles. The minimum absolute atomic E-state index is 0.0159. The second kappa shape index (κ2) is 11.7. The average molecular weight is 418 g/mol. The molecule has 1 aromatic rings. The van der Waals surface area contributed by atoms with Crippen molar-refractivity contribution in [3.8, 4) is 0 Å². The van der Waals surface area contributed by atoms with Gasteiger partial charge in [-0.2, -0.15) is 0 Å². The van der Waals surface area contributed by atoms with Crippen LogP contribution in [-0.2, 0) is 19.2 Å². The van der Waals surface area contributed by atoms with Crippen molar-refractivity contribution in [2.24, 2.45) is 22.7 Å². The topological polar surface area (TPSA) is 104 Å². The van der Waals surface area contributed by atoms with E-state index in [0.717, 1.165) is 18.8 Å². The summed E-state index contributed by atoms with van der Waals surface area (Å²) < 4.78 is 5.39. The van der Waals surface area contributed by atoms with E-state index in [2.05, 4.69) is 10.1 Å². The van der Waals surface area contributed by atoms with Gasteiger partial charge < -0.3 is 15.3 Å². The Morgan fingerprint density at radius 3 is 2.60 bits per heavy atom. The van der Waals surface area contributed by atoms with Crippen molar-refractivity contribution in [2.75, 3.05) is 0 Å². The number of carbonyl (C=O) groups excluding carboxylic acids is 2. The highest BCUT2D eigenvalue weighted by molar-refractivity contribution is 5.95. The van der Waals surface area contributed by atoms with E-state index in [0.29, 0.717) is 12.1 Å². The van der Waals surface area contributed by atoms with Gasteiger partial charge in [-0.25, -0.2) is 4.79 Å². The van der Waals surface area contributed by atoms with Crippen LogP contribution in [0.3, 0.4) is 0 Å². The Balaban J connectivity index is 1.95. The molecule has 30 heavy (non-hydrogen) atoms. The number of amidine groups is 1. The molecule has 7 heteroatoms. The highest BCUT2D eigenvalue weighted by atomic mass is 16.7. The number of esters is 1. The first-order chi connectivity index (χ1) is 14.2. The van der Waals surface area contributed by atoms with Gasteiger partial charge in [-0.1, -0.05) is 56.2 Å². The number of hydrogen-bond donors (Lipinski definition) is 1. The summed E-state index contributed by atoms with van der Waals surface area (Å²) in [5.74, 6) is -0.854. The highest BCUT2D eigenvalue weighted by Crippen LogP contribution is 2.29. The van der Waals surface area contributed by atoms with E-state index < -0.39 is 23.5 Å². The van der Waals surface area contributed by atoms with E-state index in [4.69, 9.17) is 15.3 Å². The summed E-state index contributed by atoms with van der Waals surface area (Å²) in [5.41, 5.74) is 5.66. The minimum Gasteiger partial charge on any atom is -0.460 e. The summed E-state index contributed by atoms with van der Waals surface area (Å²) in [4.78, 5) is 34.1. The Labute approximate surface area is 179 Å². The lowest BCUT2D eigenvalue weighted by Crippen LogP contribution is -2.28. The molecule has 1 saturated carbocycles. The molecule has 2 rings (SSSR count). The van der Waals surface area contributed by atoms with Crippen molar-refractivity contribution >= 4 is 17.8 Å². The fourth-order valence-electron chi connectivity index (χ4n) is 3.75. The van der Waals surface area contributed by atoms with E-state index in [1.807, 2.05) is 0 Å². The van der Waals surface area contributed by atoms with E-state index in [1.54, 1.807) is 45.2 Å². The number of rotatable bonds is 9. The summed E-state index contributed by atoms with van der Waals surface area (Å²) in [6.45, 7) is 5.41. The molecular formula is C23H35N3O4. The van der Waals surface area contributed by atoms with Gasteiger partial charge >= 0.3 is 11.9 Å². The second-order valence-corrected chi connectivity index (χ2v) is 9.02. The first-order valence-corrected chi connectivity index (χ1v) is 10.9. The third-order valence-electron chi connectivity index (χ3n) is 5.22. The molecule has 0 bridgehead atoms. The largest absolute Gasteiger partial charge is 0.460 e. The summed E-state index contributed by atoms with van der Waals surface area (Å²) in [7, 11) is 0. The maximum atomic E-state index is 12.6. The van der Waals surface area contributed by atoms with E-state index in [-0.39, 0.29) is 12.3 Å². The zero-order chi connectivity index (χ0) is 22.0. The molecule has 0 aromatic carbocycles. The van der Waals surface area contributed by atoms with Crippen molar-refractivity contribution < 1.29 is 19.2 Å². The van der Waals surface area contributed by atoms with Crippen LogP contribution in [-0.4, -0.2) is 28.4 Å². The Bertz CT molecular complexity index is 707. The van der Waals surface area contributed by atoms with Gasteiger partial charge in [0.2, 0.25) is 0 Å². The average Bonchev–Trinajstić information content (AvgIpc) is 2.71. The van der Waals surface area contributed by atoms with Gasteiger partial charge in [0.1, 0.15) is 11.3 Å². The molecule has 7 nitrogen and oxygen atoms in total. The monoisotopic (exact) mass is 417 g/mol. The van der Waals surface area contributed by atoms with Crippen LogP contribution in [0.15, 0.2) is 29.6 Å². The van der Waals surface area contributed by atoms with Crippen LogP contribution in [0.1, 0.15) is 84.3 Å². The molecule has 1 atom stereocenters. The molecule has 0 unspecified atom stereocenters.